The molecule has 1 unspecified atom stereocenters. The summed E-state index contributed by atoms with van der Waals surface area (Å²) in [4.78, 5) is 29.8. The first-order chi connectivity index (χ1) is 11.7. The number of hydrogen-bond donors (Lipinski definition) is 1. The molecule has 4 rings (SSSR count). The monoisotopic (exact) mass is 334 g/mol. The van der Waals surface area contributed by atoms with Crippen LogP contribution in [0.5, 0.6) is 0 Å². The molecule has 2 saturated heterocycles. The zero-order valence-corrected chi connectivity index (χ0v) is 14.2. The highest BCUT2D eigenvalue weighted by Gasteiger charge is 2.36. The van der Waals surface area contributed by atoms with E-state index in [-0.39, 0.29) is 23.6 Å². The van der Waals surface area contributed by atoms with Crippen molar-refractivity contribution in [2.75, 3.05) is 26.3 Å². The molecule has 132 valence electrons. The van der Waals surface area contributed by atoms with Gasteiger partial charge in [0.1, 0.15) is 5.82 Å². The van der Waals surface area contributed by atoms with Crippen molar-refractivity contribution in [1.29, 1.82) is 0 Å². The van der Waals surface area contributed by atoms with Gasteiger partial charge >= 0.3 is 5.69 Å². The zero-order chi connectivity index (χ0) is 16.7. The maximum atomic E-state index is 12.8. The van der Waals surface area contributed by atoms with Crippen LogP contribution in [0.15, 0.2) is 4.79 Å². The Morgan fingerprint density at radius 3 is 2.54 bits per heavy atom. The molecule has 3 heterocycles. The SMILES string of the molecule is CCC(C(=O)N1CCC(n2nc(C3CC3)[nH]c2=O)CC1)C1COC1. The molecule has 0 aromatic carbocycles. The van der Waals surface area contributed by atoms with Gasteiger partial charge in [0, 0.05) is 30.8 Å². The number of aromatic amines is 1. The van der Waals surface area contributed by atoms with Crippen molar-refractivity contribution in [1.82, 2.24) is 19.7 Å². The van der Waals surface area contributed by atoms with Gasteiger partial charge in [-0.05, 0) is 32.1 Å². The first-order valence-corrected chi connectivity index (χ1v) is 9.22. The van der Waals surface area contributed by atoms with Crippen LogP contribution in [0, 0.1) is 11.8 Å². The van der Waals surface area contributed by atoms with Gasteiger partial charge in [0.25, 0.3) is 0 Å². The fraction of sp³-hybridized carbons (Fsp3) is 0.824. The average Bonchev–Trinajstić information content (AvgIpc) is 3.33. The standard InChI is InChI=1S/C17H26N4O3/c1-2-14(12-9-24-10-12)16(22)20-7-5-13(6-8-20)21-17(23)18-15(19-21)11-3-4-11/h11-14H,2-10H2,1H3,(H,18,19,23). The summed E-state index contributed by atoms with van der Waals surface area (Å²) in [6, 6.07) is 0.109. The number of ether oxygens (including phenoxy) is 1. The molecule has 0 bridgehead atoms. The Bertz CT molecular complexity index is 651. The van der Waals surface area contributed by atoms with Crippen molar-refractivity contribution in [3.63, 3.8) is 0 Å². The maximum absolute atomic E-state index is 12.8. The van der Waals surface area contributed by atoms with Crippen molar-refractivity contribution in [2.45, 2.75) is 51.0 Å². The number of rotatable bonds is 5. The van der Waals surface area contributed by atoms with E-state index in [9.17, 15) is 9.59 Å². The molecule has 7 heteroatoms. The highest BCUT2D eigenvalue weighted by molar-refractivity contribution is 5.79. The van der Waals surface area contributed by atoms with E-state index >= 15 is 0 Å². The molecule has 1 N–H and O–H groups in total. The van der Waals surface area contributed by atoms with Gasteiger partial charge < -0.3 is 9.64 Å². The molecule has 0 spiro atoms. The third-order valence-corrected chi connectivity index (χ3v) is 5.73. The van der Waals surface area contributed by atoms with Gasteiger partial charge in [-0.1, -0.05) is 6.92 Å². The Labute approximate surface area is 141 Å². The lowest BCUT2D eigenvalue weighted by molar-refractivity contribution is -0.147. The summed E-state index contributed by atoms with van der Waals surface area (Å²) in [7, 11) is 0. The fourth-order valence-corrected chi connectivity index (χ4v) is 3.90. The fourth-order valence-electron chi connectivity index (χ4n) is 3.90. The quantitative estimate of drug-likeness (QED) is 0.880. The molecule has 7 nitrogen and oxygen atoms in total. The van der Waals surface area contributed by atoms with Gasteiger partial charge in [-0.2, -0.15) is 5.10 Å². The number of hydrogen-bond acceptors (Lipinski definition) is 4. The number of carbonyl (C=O) groups excluding carboxylic acids is 1. The second kappa shape index (κ2) is 6.35. The number of carbonyl (C=O) groups is 1. The van der Waals surface area contributed by atoms with Crippen LogP contribution in [-0.4, -0.2) is 51.9 Å². The molecule has 1 aromatic rings. The van der Waals surface area contributed by atoms with Crippen LogP contribution >= 0.6 is 0 Å². The molecular weight excluding hydrogens is 308 g/mol. The minimum Gasteiger partial charge on any atom is -0.381 e. The smallest absolute Gasteiger partial charge is 0.343 e. The summed E-state index contributed by atoms with van der Waals surface area (Å²) in [5.74, 6) is 2.03. The summed E-state index contributed by atoms with van der Waals surface area (Å²) in [5, 5.41) is 4.50. The van der Waals surface area contributed by atoms with E-state index in [1.54, 1.807) is 4.68 Å². The Hall–Kier alpha value is -1.63. The van der Waals surface area contributed by atoms with E-state index in [1.165, 1.54) is 0 Å². The number of H-pyrrole nitrogens is 1. The Morgan fingerprint density at radius 1 is 1.29 bits per heavy atom. The molecule has 0 radical (unpaired) electrons. The summed E-state index contributed by atoms with van der Waals surface area (Å²) in [6.07, 6.45) is 4.74. The molecule has 1 atom stereocenters. The summed E-state index contributed by atoms with van der Waals surface area (Å²) >= 11 is 0. The third kappa shape index (κ3) is 2.90. The van der Waals surface area contributed by atoms with E-state index in [0.29, 0.717) is 38.1 Å². The summed E-state index contributed by atoms with van der Waals surface area (Å²) in [5.41, 5.74) is -0.0975. The molecule has 3 aliphatic rings. The van der Waals surface area contributed by atoms with Crippen LogP contribution in [0.4, 0.5) is 0 Å². The van der Waals surface area contributed by atoms with Gasteiger partial charge in [0.05, 0.1) is 19.3 Å². The van der Waals surface area contributed by atoms with Gasteiger partial charge in [0.2, 0.25) is 5.91 Å². The Kier molecular flexibility index (Phi) is 4.20. The van der Waals surface area contributed by atoms with E-state index in [1.807, 2.05) is 4.90 Å². The van der Waals surface area contributed by atoms with Gasteiger partial charge in [-0.15, -0.1) is 0 Å². The molecule has 1 amide bonds. The first-order valence-electron chi connectivity index (χ1n) is 9.22. The van der Waals surface area contributed by atoms with Crippen LogP contribution in [0.25, 0.3) is 0 Å². The van der Waals surface area contributed by atoms with E-state index in [2.05, 4.69) is 17.0 Å². The van der Waals surface area contributed by atoms with E-state index < -0.39 is 0 Å². The lowest BCUT2D eigenvalue weighted by atomic mass is 9.86. The average molecular weight is 334 g/mol. The van der Waals surface area contributed by atoms with Crippen LogP contribution in [0.2, 0.25) is 0 Å². The van der Waals surface area contributed by atoms with Crippen molar-refractivity contribution in [3.8, 4) is 0 Å². The highest BCUT2D eigenvalue weighted by atomic mass is 16.5. The Balaban J connectivity index is 1.37. The molecular formula is C17H26N4O3. The first kappa shape index (κ1) is 15.9. The van der Waals surface area contributed by atoms with Gasteiger partial charge in [-0.25, -0.2) is 9.48 Å². The normalized spacial score (nSPS) is 24.0. The molecule has 24 heavy (non-hydrogen) atoms. The number of nitrogens with one attached hydrogen (secondary N) is 1. The minimum atomic E-state index is -0.0975. The molecule has 2 aliphatic heterocycles. The number of amides is 1. The van der Waals surface area contributed by atoms with Crippen LogP contribution in [0.3, 0.4) is 0 Å². The second-order valence-electron chi connectivity index (χ2n) is 7.40. The van der Waals surface area contributed by atoms with Crippen molar-refractivity contribution in [3.05, 3.63) is 16.3 Å². The largest absolute Gasteiger partial charge is 0.381 e. The molecule has 1 saturated carbocycles. The lowest BCUT2D eigenvalue weighted by Crippen LogP contribution is -2.48. The lowest BCUT2D eigenvalue weighted by Gasteiger charge is -2.38. The number of likely N-dealkylation sites (tertiary alicyclic amines) is 1. The summed E-state index contributed by atoms with van der Waals surface area (Å²) < 4.78 is 6.87. The van der Waals surface area contributed by atoms with E-state index in [4.69, 9.17) is 4.74 Å². The van der Waals surface area contributed by atoms with Crippen molar-refractivity contribution < 1.29 is 9.53 Å². The van der Waals surface area contributed by atoms with E-state index in [0.717, 1.165) is 37.9 Å². The van der Waals surface area contributed by atoms with Crippen LogP contribution in [0.1, 0.15) is 56.8 Å². The Morgan fingerprint density at radius 2 is 2.00 bits per heavy atom. The van der Waals surface area contributed by atoms with Gasteiger partial charge in [0.15, 0.2) is 0 Å². The van der Waals surface area contributed by atoms with Crippen LogP contribution in [-0.2, 0) is 9.53 Å². The maximum Gasteiger partial charge on any atom is 0.343 e. The predicted octanol–water partition coefficient (Wildman–Crippen LogP) is 1.28. The predicted molar refractivity (Wildman–Crippen MR) is 87.8 cm³/mol. The summed E-state index contributed by atoms with van der Waals surface area (Å²) in [6.45, 7) is 4.94. The minimum absolute atomic E-state index is 0.0878. The van der Waals surface area contributed by atoms with Crippen LogP contribution < -0.4 is 5.69 Å². The second-order valence-corrected chi connectivity index (χ2v) is 7.40. The molecule has 3 fully saturated rings. The zero-order valence-electron chi connectivity index (χ0n) is 14.2. The van der Waals surface area contributed by atoms with Crippen molar-refractivity contribution >= 4 is 5.91 Å². The topological polar surface area (TPSA) is 80.2 Å². The molecule has 1 aliphatic carbocycles. The molecule has 1 aromatic heterocycles. The van der Waals surface area contributed by atoms with Crippen molar-refractivity contribution in [2.24, 2.45) is 11.8 Å². The highest BCUT2D eigenvalue weighted by Crippen LogP contribution is 2.37. The third-order valence-electron chi connectivity index (χ3n) is 5.73. The number of aromatic nitrogens is 3. The van der Waals surface area contributed by atoms with Gasteiger partial charge in [-0.3, -0.25) is 9.78 Å². The number of piperidine rings is 1. The number of nitrogens with zero attached hydrogens (tertiary/aromatic N) is 3.